The van der Waals surface area contributed by atoms with E-state index >= 15 is 0 Å². The summed E-state index contributed by atoms with van der Waals surface area (Å²) in [6.07, 6.45) is 1.11. The molecule has 0 aliphatic heterocycles. The first-order chi connectivity index (χ1) is 5.82. The van der Waals surface area contributed by atoms with Crippen LogP contribution >= 0.6 is 31.9 Å². The minimum Gasteiger partial charge on any atom is -0.225 e. The van der Waals surface area contributed by atoms with E-state index in [0.29, 0.717) is 5.82 Å². The Kier molecular flexibility index (Phi) is 3.09. The molecule has 0 aliphatic rings. The van der Waals surface area contributed by atoms with Gasteiger partial charge >= 0.3 is 0 Å². The molecule has 1 aromatic heterocycles. The Morgan fingerprint density at radius 3 is 1.85 bits per heavy atom. The number of aromatic nitrogens is 2. The normalized spacial score (nSPS) is 11.7. The van der Waals surface area contributed by atoms with E-state index in [1.807, 2.05) is 0 Å². The lowest BCUT2D eigenvalue weighted by Crippen LogP contribution is -2.04. The molecule has 1 heterocycles. The van der Waals surface area contributed by atoms with E-state index < -0.39 is 9.84 Å². The highest BCUT2D eigenvalue weighted by atomic mass is 79.9. The molecule has 0 bridgehead atoms. The van der Waals surface area contributed by atoms with Crippen LogP contribution in [0.15, 0.2) is 14.1 Å². The third-order valence-electron chi connectivity index (χ3n) is 1.27. The third kappa shape index (κ3) is 2.47. The topological polar surface area (TPSA) is 59.9 Å². The summed E-state index contributed by atoms with van der Waals surface area (Å²) in [7, 11) is -3.30. The van der Waals surface area contributed by atoms with E-state index in [4.69, 9.17) is 0 Å². The third-order valence-corrected chi connectivity index (χ3v) is 4.07. The summed E-state index contributed by atoms with van der Waals surface area (Å²) in [5, 5.41) is 0. The van der Waals surface area contributed by atoms with Gasteiger partial charge in [-0.3, -0.25) is 0 Å². The highest BCUT2D eigenvalue weighted by Gasteiger charge is 2.18. The van der Waals surface area contributed by atoms with Gasteiger partial charge in [-0.15, -0.1) is 0 Å². The van der Waals surface area contributed by atoms with Gasteiger partial charge in [0.15, 0.2) is 9.84 Å². The second-order valence-corrected chi connectivity index (χ2v) is 5.91. The van der Waals surface area contributed by atoms with Gasteiger partial charge in [-0.25, -0.2) is 18.4 Å². The number of halogens is 2. The number of sulfone groups is 1. The van der Waals surface area contributed by atoms with Crippen LogP contribution in [0, 0.1) is 6.92 Å². The molecule has 7 heteroatoms. The van der Waals surface area contributed by atoms with Crippen LogP contribution in [0.1, 0.15) is 5.82 Å². The van der Waals surface area contributed by atoms with Crippen LogP contribution in [-0.4, -0.2) is 24.6 Å². The molecule has 0 atom stereocenters. The molecule has 4 nitrogen and oxygen atoms in total. The van der Waals surface area contributed by atoms with Gasteiger partial charge in [-0.05, 0) is 38.8 Å². The number of nitrogens with zero attached hydrogens (tertiary/aromatic N) is 2. The van der Waals surface area contributed by atoms with Crippen LogP contribution in [0.3, 0.4) is 0 Å². The van der Waals surface area contributed by atoms with Crippen LogP contribution in [0.4, 0.5) is 0 Å². The molecule has 0 aliphatic carbocycles. The summed E-state index contributed by atoms with van der Waals surface area (Å²) in [5.41, 5.74) is 0. The van der Waals surface area contributed by atoms with Gasteiger partial charge < -0.3 is 0 Å². The van der Waals surface area contributed by atoms with Crippen molar-refractivity contribution in [2.24, 2.45) is 0 Å². The van der Waals surface area contributed by atoms with Crippen molar-refractivity contribution in [3.63, 3.8) is 0 Å². The van der Waals surface area contributed by atoms with E-state index in [0.717, 1.165) is 6.26 Å². The summed E-state index contributed by atoms with van der Waals surface area (Å²) in [4.78, 5) is 7.88. The van der Waals surface area contributed by atoms with Crippen LogP contribution < -0.4 is 0 Å². The second kappa shape index (κ2) is 3.62. The predicted octanol–water partition coefficient (Wildman–Crippen LogP) is 1.71. The van der Waals surface area contributed by atoms with E-state index in [-0.39, 0.29) is 14.1 Å². The maximum atomic E-state index is 11.2. The first-order valence-electron chi connectivity index (χ1n) is 3.22. The smallest absolute Gasteiger partial charge is 0.180 e. The van der Waals surface area contributed by atoms with E-state index in [1.165, 1.54) is 0 Å². The lowest BCUT2D eigenvalue weighted by atomic mass is 10.6. The largest absolute Gasteiger partial charge is 0.225 e. The molecule has 1 aromatic rings. The Morgan fingerprint density at radius 1 is 1.15 bits per heavy atom. The van der Waals surface area contributed by atoms with Gasteiger partial charge in [0, 0.05) is 6.26 Å². The number of rotatable bonds is 1. The molecule has 0 fully saturated rings. The monoisotopic (exact) mass is 328 g/mol. The Balaban J connectivity index is 3.57. The SMILES string of the molecule is Cc1nc(Br)c(S(C)(=O)=O)c(Br)n1. The second-order valence-electron chi connectivity index (χ2n) is 2.45. The highest BCUT2D eigenvalue weighted by molar-refractivity contribution is 9.11. The Morgan fingerprint density at radius 2 is 1.54 bits per heavy atom. The summed E-state index contributed by atoms with van der Waals surface area (Å²) in [6, 6.07) is 0. The predicted molar refractivity (Wildman–Crippen MR) is 55.3 cm³/mol. The standard InChI is InChI=1S/C6H6Br2N2O2S/c1-3-9-5(7)4(6(8)10-3)13(2,11)12/h1-2H3. The zero-order valence-electron chi connectivity index (χ0n) is 6.88. The number of hydrogen-bond donors (Lipinski definition) is 0. The zero-order chi connectivity index (χ0) is 10.2. The van der Waals surface area contributed by atoms with Crippen molar-refractivity contribution in [3.8, 4) is 0 Å². The summed E-state index contributed by atoms with van der Waals surface area (Å²) >= 11 is 6.15. The Labute approximate surface area is 93.0 Å². The average molecular weight is 330 g/mol. The number of aryl methyl sites for hydroxylation is 1. The first-order valence-corrected chi connectivity index (χ1v) is 6.70. The van der Waals surface area contributed by atoms with Crippen molar-refractivity contribution in [2.45, 2.75) is 11.8 Å². The van der Waals surface area contributed by atoms with Gasteiger partial charge in [-0.2, -0.15) is 0 Å². The Bertz CT molecular complexity index is 421. The van der Waals surface area contributed by atoms with Crippen molar-refractivity contribution in [3.05, 3.63) is 15.0 Å². The van der Waals surface area contributed by atoms with Crippen LogP contribution in [0.25, 0.3) is 0 Å². The fourth-order valence-corrected chi connectivity index (χ4v) is 4.42. The molecule has 0 saturated heterocycles. The van der Waals surface area contributed by atoms with Gasteiger partial charge in [0.05, 0.1) is 0 Å². The minimum atomic E-state index is -3.30. The molecule has 0 amide bonds. The van der Waals surface area contributed by atoms with Gasteiger partial charge in [0.25, 0.3) is 0 Å². The van der Waals surface area contributed by atoms with Crippen molar-refractivity contribution in [1.82, 2.24) is 9.97 Å². The van der Waals surface area contributed by atoms with Crippen LogP contribution in [0.2, 0.25) is 0 Å². The highest BCUT2D eigenvalue weighted by Crippen LogP contribution is 2.26. The molecule has 72 valence electrons. The van der Waals surface area contributed by atoms with E-state index in [1.54, 1.807) is 6.92 Å². The molecule has 0 N–H and O–H groups in total. The van der Waals surface area contributed by atoms with Crippen molar-refractivity contribution >= 4 is 41.7 Å². The molecule has 13 heavy (non-hydrogen) atoms. The maximum absolute atomic E-state index is 11.2. The lowest BCUT2D eigenvalue weighted by Gasteiger charge is -2.03. The average Bonchev–Trinajstić information content (AvgIpc) is 1.78. The Hall–Kier alpha value is -0.0100. The molecule has 0 aromatic carbocycles. The fraction of sp³-hybridized carbons (Fsp3) is 0.333. The summed E-state index contributed by atoms with van der Waals surface area (Å²) in [6.45, 7) is 1.68. The molecule has 0 spiro atoms. The summed E-state index contributed by atoms with van der Waals surface area (Å²) < 4.78 is 23.1. The van der Waals surface area contributed by atoms with Crippen LogP contribution in [0.5, 0.6) is 0 Å². The molecular weight excluding hydrogens is 324 g/mol. The molecule has 1 rings (SSSR count). The fourth-order valence-electron chi connectivity index (χ4n) is 0.802. The molecule has 0 radical (unpaired) electrons. The summed E-state index contributed by atoms with van der Waals surface area (Å²) in [5.74, 6) is 0.506. The van der Waals surface area contributed by atoms with Gasteiger partial charge in [-0.1, -0.05) is 0 Å². The van der Waals surface area contributed by atoms with E-state index in [9.17, 15) is 8.42 Å². The minimum absolute atomic E-state index is 0.0816. The van der Waals surface area contributed by atoms with Crippen molar-refractivity contribution in [2.75, 3.05) is 6.26 Å². The maximum Gasteiger partial charge on any atom is 0.180 e. The van der Waals surface area contributed by atoms with Crippen LogP contribution in [-0.2, 0) is 9.84 Å². The van der Waals surface area contributed by atoms with Gasteiger partial charge in [0.2, 0.25) is 0 Å². The number of hydrogen-bond acceptors (Lipinski definition) is 4. The quantitative estimate of drug-likeness (QED) is 0.736. The van der Waals surface area contributed by atoms with Crippen molar-refractivity contribution < 1.29 is 8.42 Å². The molecule has 0 saturated carbocycles. The van der Waals surface area contributed by atoms with E-state index in [2.05, 4.69) is 41.8 Å². The van der Waals surface area contributed by atoms with Crippen molar-refractivity contribution in [1.29, 1.82) is 0 Å². The molecule has 0 unspecified atom stereocenters. The first kappa shape index (κ1) is 11.1. The lowest BCUT2D eigenvalue weighted by molar-refractivity contribution is 0.599. The molecular formula is C6H6Br2N2O2S. The zero-order valence-corrected chi connectivity index (χ0v) is 10.9. The van der Waals surface area contributed by atoms with Gasteiger partial charge in [0.1, 0.15) is 19.9 Å².